The first kappa shape index (κ1) is 63.0. The summed E-state index contributed by atoms with van der Waals surface area (Å²) >= 11 is 0. The average Bonchev–Trinajstić information content (AvgIpc) is 0. The molecule has 0 rings (SSSR count). The van der Waals surface area contributed by atoms with Crippen molar-refractivity contribution in [3.63, 3.8) is 0 Å². The second-order valence-corrected chi connectivity index (χ2v) is 0. The van der Waals surface area contributed by atoms with E-state index in [0.717, 1.165) is 0 Å². The minimum Gasteiger partial charge on any atom is -0.269 e. The molecule has 0 amide bonds. The van der Waals surface area contributed by atoms with Gasteiger partial charge in [-0.3, -0.25) is 4.70 Å². The predicted molar refractivity (Wildman–Crippen MR) is 33.7 cm³/mol. The molecular weight excluding hydrogens is 101 g/mol. The van der Waals surface area contributed by atoms with Crippen LogP contribution in [-0.4, -0.2) is 45.7 Å². The van der Waals surface area contributed by atoms with Gasteiger partial charge in [-0.05, 0) is 11.0 Å². The second kappa shape index (κ2) is 29.6. The van der Waals surface area contributed by atoms with Crippen LogP contribution < -0.4 is 0 Å². The fourth-order valence-electron chi connectivity index (χ4n) is 0. The van der Waals surface area contributed by atoms with Crippen LogP contribution in [0.4, 0.5) is 4.70 Å². The first-order valence-electron chi connectivity index (χ1n) is 0. The zero-order valence-corrected chi connectivity index (χ0v) is 0.408. The molecular formula is H11Al2FSi. The Morgan fingerprint density at radius 3 is 0.750 bits per heavy atom. The summed E-state index contributed by atoms with van der Waals surface area (Å²) in [6, 6.07) is 0. The van der Waals surface area contributed by atoms with Gasteiger partial charge >= 0.3 is 0 Å². The Labute approximate surface area is 50.6 Å². The summed E-state index contributed by atoms with van der Waals surface area (Å²) in [5, 5.41) is 0. The highest BCUT2D eigenvalue weighted by Gasteiger charge is 0.188. The second-order valence-electron chi connectivity index (χ2n) is 0. The molecule has 0 fully saturated rings. The fraction of sp³-hybridized carbons (Fsp3) is 0. The highest BCUT2D eigenvalue weighted by Crippen LogP contribution is 0.420. The third kappa shape index (κ3) is 10.7. The molecule has 0 radical (unpaired) electrons. The molecule has 0 atom stereocenters. The molecule has 0 spiro atoms. The van der Waals surface area contributed by atoms with Gasteiger partial charge in [0, 0.05) is 0 Å². The van der Waals surface area contributed by atoms with Crippen LogP contribution in [0.25, 0.3) is 0 Å². The Hall–Kier alpha value is 1.21. The lowest BCUT2D eigenvalue weighted by Crippen LogP contribution is -0.382. The van der Waals surface area contributed by atoms with Crippen molar-refractivity contribution in [3.05, 3.63) is 0 Å². The average molecular weight is 112 g/mol. The number of rotatable bonds is 0. The smallest absolute Gasteiger partial charge is 0.187 e. The van der Waals surface area contributed by atoms with E-state index in [4.69, 9.17) is 0 Å². The van der Waals surface area contributed by atoms with Gasteiger partial charge in [0.1, 0.15) is 0 Å². The van der Waals surface area contributed by atoms with Crippen LogP contribution in [0.1, 0.15) is 0 Å². The molecule has 0 saturated carbocycles. The van der Waals surface area contributed by atoms with Crippen LogP contribution in [0.3, 0.4) is 0 Å². The molecule has 4 heteroatoms. The third-order valence-electron chi connectivity index (χ3n) is 0. The Bertz CT molecular complexity index is 6.00. The van der Waals surface area contributed by atoms with Crippen molar-refractivity contribution in [2.75, 3.05) is 0 Å². The summed E-state index contributed by atoms with van der Waals surface area (Å²) < 4.78 is 0. The van der Waals surface area contributed by atoms with Gasteiger partial charge in [0.25, 0.3) is 0 Å². The minimum absolute atomic E-state index is 0. The number of hydrogen-bond donors (Lipinski definition) is 0. The maximum Gasteiger partial charge on any atom is 0.187 e. The van der Waals surface area contributed by atoms with Crippen molar-refractivity contribution < 1.29 is 4.70 Å². The quantitative estimate of drug-likeness (QED) is 0.283. The summed E-state index contributed by atoms with van der Waals surface area (Å²) in [4.78, 5) is 0. The highest BCUT2D eigenvalue weighted by molar-refractivity contribution is 5.76. The summed E-state index contributed by atoms with van der Waals surface area (Å²) in [5.41, 5.74) is 0. The Kier molecular flexibility index (Phi) is 466. The number of hydrogen-bond acceptors (Lipinski definition) is 0. The van der Waals surface area contributed by atoms with Gasteiger partial charge in [-0.25, -0.2) is 0 Å². The van der Waals surface area contributed by atoms with Crippen molar-refractivity contribution in [2.24, 2.45) is 0 Å². The molecule has 4 heavy (non-hydrogen) atoms. The van der Waals surface area contributed by atoms with Crippen LogP contribution >= 0.6 is 0 Å². The highest BCUT2D eigenvalue weighted by atomic mass is 28.1. The van der Waals surface area contributed by atoms with Crippen molar-refractivity contribution in [1.82, 2.24) is 0 Å². The van der Waals surface area contributed by atoms with Crippen LogP contribution in [-0.2, 0) is 0 Å². The summed E-state index contributed by atoms with van der Waals surface area (Å²) in [6.07, 6.45) is 0. The molecule has 0 aliphatic rings. The van der Waals surface area contributed by atoms with Gasteiger partial charge in [0.2, 0.25) is 0 Å². The molecule has 0 aromatic rings. The lowest BCUT2D eigenvalue weighted by molar-refractivity contribution is 1.11. The molecule has 0 aromatic heterocycles. The minimum atomic E-state index is 0. The van der Waals surface area contributed by atoms with E-state index in [1.807, 2.05) is 0 Å². The van der Waals surface area contributed by atoms with Crippen LogP contribution in [0.15, 0.2) is 0 Å². The Balaban J connectivity index is 0. The van der Waals surface area contributed by atoms with Gasteiger partial charge in [-0.1, -0.05) is 0 Å². The molecule has 28 valence electrons. The molecule has 0 nitrogen and oxygen atoms in total. The van der Waals surface area contributed by atoms with E-state index >= 15 is 0 Å². The molecule has 0 aliphatic carbocycles. The molecule has 0 bridgehead atoms. The molecule has 0 N–H and O–H groups in total. The largest absolute Gasteiger partial charge is 0.269 e. The van der Waals surface area contributed by atoms with Gasteiger partial charge in [0.15, 0.2) is 34.7 Å². The van der Waals surface area contributed by atoms with E-state index in [0.29, 0.717) is 0 Å². The first-order valence-corrected chi connectivity index (χ1v) is 0. The summed E-state index contributed by atoms with van der Waals surface area (Å²) in [6.45, 7) is 0. The molecule has 0 heterocycles. The van der Waals surface area contributed by atoms with Gasteiger partial charge < -0.3 is 0 Å². The topological polar surface area (TPSA) is 0 Å². The van der Waals surface area contributed by atoms with E-state index < -0.39 is 0 Å². The van der Waals surface area contributed by atoms with Gasteiger partial charge in [-0.2, -0.15) is 0 Å². The van der Waals surface area contributed by atoms with Crippen molar-refractivity contribution in [1.29, 1.82) is 0 Å². The summed E-state index contributed by atoms with van der Waals surface area (Å²) in [7, 11) is 0. The fourth-order valence-corrected chi connectivity index (χ4v) is 0. The summed E-state index contributed by atoms with van der Waals surface area (Å²) in [5.74, 6) is 0. The predicted octanol–water partition coefficient (Wildman–Crippen LogP) is -3.67. The monoisotopic (exact) mass is 112 g/mol. The zero-order valence-electron chi connectivity index (χ0n) is 0.408. The maximum atomic E-state index is 0. The number of halogens is 1. The van der Waals surface area contributed by atoms with Crippen molar-refractivity contribution in [3.8, 4) is 0 Å². The third-order valence-corrected chi connectivity index (χ3v) is 0. The first-order chi connectivity index (χ1) is 0. The van der Waals surface area contributed by atoms with E-state index in [-0.39, 0.29) is 50.4 Å². The molecule has 0 aromatic carbocycles. The maximum absolute atomic E-state index is 0. The Morgan fingerprint density at radius 2 is 0.750 bits per heavy atom. The molecule has 0 unspecified atom stereocenters. The molecule has 0 aliphatic heterocycles. The van der Waals surface area contributed by atoms with Crippen LogP contribution in [0.5, 0.6) is 0 Å². The Morgan fingerprint density at radius 1 is 0.750 bits per heavy atom. The van der Waals surface area contributed by atoms with Crippen molar-refractivity contribution in [2.45, 2.75) is 0 Å². The van der Waals surface area contributed by atoms with Crippen molar-refractivity contribution >= 4 is 45.7 Å². The van der Waals surface area contributed by atoms with E-state index in [2.05, 4.69) is 0 Å². The lowest BCUT2D eigenvalue weighted by Gasteiger charge is -0.269. The van der Waals surface area contributed by atoms with E-state index in [1.54, 1.807) is 0 Å². The SMILES string of the molecule is F.[AlH3].[AlH3].[SiH4]. The zero-order chi connectivity index (χ0) is 0. The van der Waals surface area contributed by atoms with E-state index in [1.165, 1.54) is 0 Å². The standard InChI is InChI=1S/2Al.FH.H4Si.6H/h;;1H;1H4;;;;;;. The van der Waals surface area contributed by atoms with E-state index in [9.17, 15) is 0 Å². The van der Waals surface area contributed by atoms with Crippen LogP contribution in [0, 0.1) is 0 Å². The molecule has 0 saturated heterocycles. The lowest BCUT2D eigenvalue weighted by atomic mass is 19.0. The van der Waals surface area contributed by atoms with Gasteiger partial charge in [0.05, 0.1) is 0 Å². The normalized spacial score (nSPS) is 0. The van der Waals surface area contributed by atoms with Gasteiger partial charge in [-0.15, -0.1) is 0 Å². The van der Waals surface area contributed by atoms with Crippen LogP contribution in [0.2, 0.25) is 0 Å².